The van der Waals surface area contributed by atoms with E-state index in [9.17, 15) is 0 Å². The van der Waals surface area contributed by atoms with E-state index in [1.54, 1.807) is 0 Å². The van der Waals surface area contributed by atoms with Crippen LogP contribution in [0, 0.1) is 11.3 Å². The van der Waals surface area contributed by atoms with Gasteiger partial charge >= 0.3 is 0 Å². The van der Waals surface area contributed by atoms with E-state index in [1.807, 2.05) is 0 Å². The monoisotopic (exact) mass is 246 g/mol. The Morgan fingerprint density at radius 2 is 2.11 bits per heavy atom. The molecule has 100 valence electrons. The van der Waals surface area contributed by atoms with Crippen LogP contribution < -0.4 is 5.73 Å². The molecule has 2 aliphatic carbocycles. The molecule has 0 aliphatic heterocycles. The maximum atomic E-state index is 6.36. The lowest BCUT2D eigenvalue weighted by Gasteiger charge is -2.35. The second kappa shape index (κ2) is 4.12. The standard InChI is InChI=1S/C16H26N2/c1-11-5-4-6-14(11)18-8-7-12-13(17)9-16(2,3)10-15(12)18/h7-8,11,13-14H,4-6,9-10,17H2,1-3H3. The van der Waals surface area contributed by atoms with Gasteiger partial charge < -0.3 is 10.3 Å². The summed E-state index contributed by atoms with van der Waals surface area (Å²) >= 11 is 0. The normalized spacial score (nSPS) is 34.6. The third-order valence-corrected chi connectivity index (χ3v) is 5.05. The highest BCUT2D eigenvalue weighted by atomic mass is 15.0. The summed E-state index contributed by atoms with van der Waals surface area (Å²) in [4.78, 5) is 0. The van der Waals surface area contributed by atoms with Crippen molar-refractivity contribution in [3.8, 4) is 0 Å². The molecular formula is C16H26N2. The van der Waals surface area contributed by atoms with Gasteiger partial charge in [0.15, 0.2) is 0 Å². The van der Waals surface area contributed by atoms with Gasteiger partial charge in [0.25, 0.3) is 0 Å². The summed E-state index contributed by atoms with van der Waals surface area (Å²) in [7, 11) is 0. The van der Waals surface area contributed by atoms with Crippen molar-refractivity contribution in [2.75, 3.05) is 0 Å². The van der Waals surface area contributed by atoms with E-state index in [0.29, 0.717) is 5.41 Å². The summed E-state index contributed by atoms with van der Waals surface area (Å²) in [5.41, 5.74) is 9.64. The zero-order chi connectivity index (χ0) is 12.9. The summed E-state index contributed by atoms with van der Waals surface area (Å²) in [5, 5.41) is 0. The van der Waals surface area contributed by atoms with Crippen molar-refractivity contribution in [2.24, 2.45) is 17.1 Å². The predicted octanol–water partition coefficient (Wildman–Crippen LogP) is 3.82. The second-order valence-electron chi connectivity index (χ2n) is 7.25. The molecule has 3 unspecified atom stereocenters. The summed E-state index contributed by atoms with van der Waals surface area (Å²) in [6, 6.07) is 3.23. The topological polar surface area (TPSA) is 30.9 Å². The molecule has 2 N–H and O–H groups in total. The van der Waals surface area contributed by atoms with Gasteiger partial charge in [-0.05, 0) is 48.6 Å². The fraction of sp³-hybridized carbons (Fsp3) is 0.750. The number of aromatic nitrogens is 1. The first kappa shape index (κ1) is 12.3. The molecule has 1 heterocycles. The average Bonchev–Trinajstić information content (AvgIpc) is 2.82. The van der Waals surface area contributed by atoms with Crippen molar-refractivity contribution < 1.29 is 0 Å². The van der Waals surface area contributed by atoms with Gasteiger partial charge in [-0.1, -0.05) is 27.2 Å². The molecule has 2 nitrogen and oxygen atoms in total. The Kier molecular flexibility index (Phi) is 2.81. The maximum Gasteiger partial charge on any atom is 0.0359 e. The molecule has 0 bridgehead atoms. The average molecular weight is 246 g/mol. The van der Waals surface area contributed by atoms with Crippen LogP contribution in [0.1, 0.15) is 69.8 Å². The van der Waals surface area contributed by atoms with Crippen LogP contribution in [0.4, 0.5) is 0 Å². The van der Waals surface area contributed by atoms with Crippen LogP contribution in [0.2, 0.25) is 0 Å². The molecule has 1 aromatic heterocycles. The van der Waals surface area contributed by atoms with Gasteiger partial charge in [-0.25, -0.2) is 0 Å². The summed E-state index contributed by atoms with van der Waals surface area (Å²) in [6.45, 7) is 7.11. The van der Waals surface area contributed by atoms with Gasteiger partial charge in [0.1, 0.15) is 0 Å². The Bertz CT molecular complexity index is 444. The molecule has 1 aromatic rings. The number of nitrogens with zero attached hydrogens (tertiary/aromatic N) is 1. The lowest BCUT2D eigenvalue weighted by molar-refractivity contribution is 0.267. The van der Waals surface area contributed by atoms with Crippen molar-refractivity contribution in [2.45, 2.75) is 65.0 Å². The van der Waals surface area contributed by atoms with Crippen LogP contribution in [-0.2, 0) is 6.42 Å². The number of hydrogen-bond acceptors (Lipinski definition) is 1. The minimum atomic E-state index is 0.238. The molecule has 2 heteroatoms. The highest BCUT2D eigenvalue weighted by Crippen LogP contribution is 2.44. The molecule has 1 saturated carbocycles. The van der Waals surface area contributed by atoms with E-state index >= 15 is 0 Å². The fourth-order valence-electron chi connectivity index (χ4n) is 4.11. The first-order valence-corrected chi connectivity index (χ1v) is 7.43. The minimum absolute atomic E-state index is 0.238. The largest absolute Gasteiger partial charge is 0.348 e. The van der Waals surface area contributed by atoms with Gasteiger partial charge in [0, 0.05) is 24.0 Å². The van der Waals surface area contributed by atoms with Crippen LogP contribution >= 0.6 is 0 Å². The van der Waals surface area contributed by atoms with Crippen LogP contribution in [0.25, 0.3) is 0 Å². The Labute approximate surface area is 111 Å². The highest BCUT2D eigenvalue weighted by Gasteiger charge is 2.35. The van der Waals surface area contributed by atoms with Gasteiger partial charge in [-0.3, -0.25) is 0 Å². The molecule has 18 heavy (non-hydrogen) atoms. The second-order valence-corrected chi connectivity index (χ2v) is 7.25. The molecule has 3 rings (SSSR count). The SMILES string of the molecule is CC1CCCC1n1ccc2c1CC(C)(C)CC2N. The van der Waals surface area contributed by atoms with Crippen LogP contribution in [0.15, 0.2) is 12.3 Å². The maximum absolute atomic E-state index is 6.36. The van der Waals surface area contributed by atoms with Crippen LogP contribution in [0.3, 0.4) is 0 Å². The first-order valence-electron chi connectivity index (χ1n) is 7.43. The minimum Gasteiger partial charge on any atom is -0.348 e. The van der Waals surface area contributed by atoms with Gasteiger partial charge in [0.2, 0.25) is 0 Å². The molecule has 0 aromatic carbocycles. The number of hydrogen-bond donors (Lipinski definition) is 1. The third kappa shape index (κ3) is 1.91. The number of nitrogens with two attached hydrogens (primary N) is 1. The molecule has 0 amide bonds. The lowest BCUT2D eigenvalue weighted by atomic mass is 9.74. The van der Waals surface area contributed by atoms with Crippen molar-refractivity contribution in [1.29, 1.82) is 0 Å². The van der Waals surface area contributed by atoms with Gasteiger partial charge in [-0.2, -0.15) is 0 Å². The van der Waals surface area contributed by atoms with E-state index in [1.165, 1.54) is 36.9 Å². The highest BCUT2D eigenvalue weighted by molar-refractivity contribution is 5.31. The molecule has 3 atom stereocenters. The molecule has 0 radical (unpaired) electrons. The summed E-state index contributed by atoms with van der Waals surface area (Å²) in [6.07, 6.45) is 8.72. The van der Waals surface area contributed by atoms with E-state index < -0.39 is 0 Å². The van der Waals surface area contributed by atoms with Crippen molar-refractivity contribution >= 4 is 0 Å². The van der Waals surface area contributed by atoms with E-state index in [4.69, 9.17) is 5.73 Å². The quantitative estimate of drug-likeness (QED) is 0.802. The zero-order valence-corrected chi connectivity index (χ0v) is 11.9. The number of rotatable bonds is 1. The van der Waals surface area contributed by atoms with Gasteiger partial charge in [0.05, 0.1) is 0 Å². The summed E-state index contributed by atoms with van der Waals surface area (Å²) < 4.78 is 2.56. The van der Waals surface area contributed by atoms with Crippen molar-refractivity contribution in [3.05, 3.63) is 23.5 Å². The van der Waals surface area contributed by atoms with Crippen LogP contribution in [0.5, 0.6) is 0 Å². The molecule has 1 fully saturated rings. The van der Waals surface area contributed by atoms with Crippen LogP contribution in [-0.4, -0.2) is 4.57 Å². The molecular weight excluding hydrogens is 220 g/mol. The predicted molar refractivity (Wildman–Crippen MR) is 75.5 cm³/mol. The summed E-state index contributed by atoms with van der Waals surface area (Å²) in [5.74, 6) is 0.822. The Morgan fingerprint density at radius 1 is 1.33 bits per heavy atom. The van der Waals surface area contributed by atoms with E-state index in [-0.39, 0.29) is 6.04 Å². The van der Waals surface area contributed by atoms with Crippen molar-refractivity contribution in [3.63, 3.8) is 0 Å². The molecule has 0 saturated heterocycles. The Morgan fingerprint density at radius 3 is 2.78 bits per heavy atom. The molecule has 0 spiro atoms. The Hall–Kier alpha value is -0.760. The first-order chi connectivity index (χ1) is 8.48. The van der Waals surface area contributed by atoms with E-state index in [0.717, 1.165) is 18.4 Å². The fourth-order valence-corrected chi connectivity index (χ4v) is 4.11. The smallest absolute Gasteiger partial charge is 0.0359 e. The van der Waals surface area contributed by atoms with Gasteiger partial charge in [-0.15, -0.1) is 0 Å². The van der Waals surface area contributed by atoms with Crippen molar-refractivity contribution in [1.82, 2.24) is 4.57 Å². The third-order valence-electron chi connectivity index (χ3n) is 5.05. The zero-order valence-electron chi connectivity index (χ0n) is 11.9. The lowest BCUT2D eigenvalue weighted by Crippen LogP contribution is -2.31. The Balaban J connectivity index is 1.99. The number of fused-ring (bicyclic) bond motifs is 1. The van der Waals surface area contributed by atoms with E-state index in [2.05, 4.69) is 37.6 Å². The molecule has 2 aliphatic rings.